The zero-order valence-electron chi connectivity index (χ0n) is 13.4. The third-order valence-electron chi connectivity index (χ3n) is 3.91. The lowest BCUT2D eigenvalue weighted by molar-refractivity contribution is 0.104. The van der Waals surface area contributed by atoms with Crippen molar-refractivity contribution >= 4 is 32.6 Å². The third-order valence-corrected chi connectivity index (χ3v) is 5.04. The van der Waals surface area contributed by atoms with Gasteiger partial charge in [0.05, 0.1) is 4.90 Å². The summed E-state index contributed by atoms with van der Waals surface area (Å²) in [5.74, 6) is -0.164. The van der Waals surface area contributed by atoms with E-state index in [4.69, 9.17) is 0 Å². The Morgan fingerprint density at radius 1 is 1.04 bits per heavy atom. The number of hydrogen-bond donors (Lipinski definition) is 0. The molecule has 0 spiro atoms. The number of sulfone groups is 1. The molecule has 0 saturated carbocycles. The summed E-state index contributed by atoms with van der Waals surface area (Å²) >= 11 is 0. The van der Waals surface area contributed by atoms with Crippen molar-refractivity contribution in [1.29, 1.82) is 0 Å². The van der Waals surface area contributed by atoms with E-state index in [0.29, 0.717) is 5.56 Å². The van der Waals surface area contributed by atoms with Gasteiger partial charge in [0.25, 0.3) is 0 Å². The Morgan fingerprint density at radius 2 is 1.71 bits per heavy atom. The Labute approximate surface area is 141 Å². The van der Waals surface area contributed by atoms with E-state index in [1.807, 2.05) is 42.1 Å². The molecule has 0 aliphatic rings. The van der Waals surface area contributed by atoms with Crippen LogP contribution in [-0.2, 0) is 16.9 Å². The summed E-state index contributed by atoms with van der Waals surface area (Å²) in [7, 11) is -1.29. The minimum Gasteiger partial charge on any atom is -0.350 e. The van der Waals surface area contributed by atoms with Crippen LogP contribution >= 0.6 is 0 Å². The molecule has 2 aromatic carbocycles. The number of aromatic nitrogens is 1. The Hall–Kier alpha value is -2.66. The number of carbonyl (C=O) groups is 1. The van der Waals surface area contributed by atoms with Crippen molar-refractivity contribution in [3.05, 3.63) is 71.9 Å². The van der Waals surface area contributed by atoms with Gasteiger partial charge in [-0.1, -0.05) is 18.2 Å². The number of hydrogen-bond acceptors (Lipinski definition) is 3. The first kappa shape index (κ1) is 16.2. The normalized spacial score (nSPS) is 12.1. The van der Waals surface area contributed by atoms with Crippen LogP contribution in [0.1, 0.15) is 15.9 Å². The standard InChI is InChI=1S/C19H17NO3S/c1-20-13-15(17-5-3-4-6-18(17)20)9-12-19(21)14-7-10-16(11-8-14)24(2,22)23/h3-13H,1-2H3/b12-9+. The Kier molecular flexibility index (Phi) is 4.11. The molecule has 0 unspecified atom stereocenters. The Morgan fingerprint density at radius 3 is 2.38 bits per heavy atom. The van der Waals surface area contributed by atoms with Crippen molar-refractivity contribution in [1.82, 2.24) is 4.57 Å². The van der Waals surface area contributed by atoms with Crippen LogP contribution in [0.25, 0.3) is 17.0 Å². The summed E-state index contributed by atoms with van der Waals surface area (Å²) in [5, 5.41) is 1.08. The second-order valence-corrected chi connectivity index (χ2v) is 7.72. The molecule has 0 aliphatic heterocycles. The smallest absolute Gasteiger partial charge is 0.185 e. The van der Waals surface area contributed by atoms with Crippen molar-refractivity contribution < 1.29 is 13.2 Å². The summed E-state index contributed by atoms with van der Waals surface area (Å²) in [6, 6.07) is 14.0. The van der Waals surface area contributed by atoms with Crippen molar-refractivity contribution in [2.24, 2.45) is 7.05 Å². The first-order valence-electron chi connectivity index (χ1n) is 7.43. The van der Waals surface area contributed by atoms with Crippen LogP contribution in [0.4, 0.5) is 0 Å². The quantitative estimate of drug-likeness (QED) is 0.540. The summed E-state index contributed by atoms with van der Waals surface area (Å²) in [6.07, 6.45) is 6.41. The summed E-state index contributed by atoms with van der Waals surface area (Å²) < 4.78 is 24.9. The summed E-state index contributed by atoms with van der Waals surface area (Å²) in [6.45, 7) is 0. The fourth-order valence-electron chi connectivity index (χ4n) is 2.63. The highest BCUT2D eigenvalue weighted by molar-refractivity contribution is 7.90. The maximum absolute atomic E-state index is 12.3. The molecule has 0 bridgehead atoms. The number of allylic oxidation sites excluding steroid dienone is 1. The van der Waals surface area contributed by atoms with Crippen LogP contribution < -0.4 is 0 Å². The molecule has 1 aromatic heterocycles. The van der Waals surface area contributed by atoms with E-state index in [1.54, 1.807) is 6.08 Å². The fraction of sp³-hybridized carbons (Fsp3) is 0.105. The molecular weight excluding hydrogens is 322 g/mol. The highest BCUT2D eigenvalue weighted by Gasteiger charge is 2.09. The molecule has 0 N–H and O–H groups in total. The van der Waals surface area contributed by atoms with E-state index < -0.39 is 9.84 Å². The van der Waals surface area contributed by atoms with Crippen molar-refractivity contribution in [2.45, 2.75) is 4.90 Å². The molecule has 0 atom stereocenters. The molecule has 3 aromatic rings. The van der Waals surface area contributed by atoms with Gasteiger partial charge in [0, 0.05) is 41.5 Å². The van der Waals surface area contributed by atoms with Crippen molar-refractivity contribution in [3.8, 4) is 0 Å². The molecule has 3 rings (SSSR count). The molecule has 5 heteroatoms. The van der Waals surface area contributed by atoms with Crippen LogP contribution in [0.15, 0.2) is 65.7 Å². The van der Waals surface area contributed by atoms with E-state index in [1.165, 1.54) is 30.3 Å². The lowest BCUT2D eigenvalue weighted by Gasteiger charge is -1.99. The maximum Gasteiger partial charge on any atom is 0.185 e. The van der Waals surface area contributed by atoms with Gasteiger partial charge in [-0.25, -0.2) is 8.42 Å². The largest absolute Gasteiger partial charge is 0.350 e. The molecule has 24 heavy (non-hydrogen) atoms. The topological polar surface area (TPSA) is 56.1 Å². The van der Waals surface area contributed by atoms with E-state index in [0.717, 1.165) is 22.7 Å². The van der Waals surface area contributed by atoms with Gasteiger partial charge in [-0.2, -0.15) is 0 Å². The molecule has 0 saturated heterocycles. The molecule has 1 heterocycles. The first-order valence-corrected chi connectivity index (χ1v) is 9.32. The van der Waals surface area contributed by atoms with Gasteiger partial charge >= 0.3 is 0 Å². The van der Waals surface area contributed by atoms with E-state index in [-0.39, 0.29) is 10.7 Å². The van der Waals surface area contributed by atoms with Gasteiger partial charge in [0.1, 0.15) is 0 Å². The van der Waals surface area contributed by atoms with E-state index in [9.17, 15) is 13.2 Å². The number of benzene rings is 2. The monoisotopic (exact) mass is 339 g/mol. The predicted octanol–water partition coefficient (Wildman–Crippen LogP) is 3.48. The van der Waals surface area contributed by atoms with Gasteiger partial charge in [0.15, 0.2) is 15.6 Å². The van der Waals surface area contributed by atoms with Crippen LogP contribution in [0.2, 0.25) is 0 Å². The fourth-order valence-corrected chi connectivity index (χ4v) is 3.26. The number of aryl methyl sites for hydroxylation is 1. The molecule has 0 radical (unpaired) electrons. The second kappa shape index (κ2) is 6.09. The van der Waals surface area contributed by atoms with Crippen LogP contribution in [0.5, 0.6) is 0 Å². The lowest BCUT2D eigenvalue weighted by Crippen LogP contribution is -1.99. The summed E-state index contributed by atoms with van der Waals surface area (Å²) in [5.41, 5.74) is 2.52. The SMILES string of the molecule is Cn1cc(/C=C/C(=O)c2ccc(S(C)(=O)=O)cc2)c2ccccc21. The second-order valence-electron chi connectivity index (χ2n) is 5.71. The maximum atomic E-state index is 12.3. The third kappa shape index (κ3) is 3.16. The van der Waals surface area contributed by atoms with Gasteiger partial charge in [-0.3, -0.25) is 4.79 Å². The van der Waals surface area contributed by atoms with E-state index in [2.05, 4.69) is 0 Å². The van der Waals surface area contributed by atoms with Crippen molar-refractivity contribution in [2.75, 3.05) is 6.26 Å². The highest BCUT2D eigenvalue weighted by Crippen LogP contribution is 2.21. The Balaban J connectivity index is 1.87. The van der Waals surface area contributed by atoms with Gasteiger partial charge < -0.3 is 4.57 Å². The zero-order valence-corrected chi connectivity index (χ0v) is 14.2. The number of nitrogens with zero attached hydrogens (tertiary/aromatic N) is 1. The molecule has 4 nitrogen and oxygen atoms in total. The molecule has 0 aliphatic carbocycles. The van der Waals surface area contributed by atoms with Crippen molar-refractivity contribution in [3.63, 3.8) is 0 Å². The first-order chi connectivity index (χ1) is 11.4. The predicted molar refractivity (Wildman–Crippen MR) is 95.8 cm³/mol. The summed E-state index contributed by atoms with van der Waals surface area (Å²) in [4.78, 5) is 12.5. The van der Waals surface area contributed by atoms with Crippen LogP contribution in [0.3, 0.4) is 0 Å². The van der Waals surface area contributed by atoms with Crippen LogP contribution in [-0.4, -0.2) is 25.0 Å². The lowest BCUT2D eigenvalue weighted by atomic mass is 10.1. The average molecular weight is 339 g/mol. The molecular formula is C19H17NO3S. The number of rotatable bonds is 4. The van der Waals surface area contributed by atoms with Gasteiger partial charge in [0.2, 0.25) is 0 Å². The number of fused-ring (bicyclic) bond motifs is 1. The number of para-hydroxylation sites is 1. The van der Waals surface area contributed by atoms with E-state index >= 15 is 0 Å². The van der Waals surface area contributed by atoms with Gasteiger partial charge in [-0.05, 0) is 42.5 Å². The Bertz CT molecular complexity index is 1040. The zero-order chi connectivity index (χ0) is 17.3. The number of ketones is 1. The molecule has 0 amide bonds. The minimum atomic E-state index is -3.25. The molecule has 0 fully saturated rings. The molecule has 122 valence electrons. The van der Waals surface area contributed by atoms with Gasteiger partial charge in [-0.15, -0.1) is 0 Å². The minimum absolute atomic E-state index is 0.164. The van der Waals surface area contributed by atoms with Crippen LogP contribution in [0, 0.1) is 0 Å². The number of carbonyl (C=O) groups excluding carboxylic acids is 1. The highest BCUT2D eigenvalue weighted by atomic mass is 32.2. The average Bonchev–Trinajstić information content (AvgIpc) is 2.89.